The zero-order valence-electron chi connectivity index (χ0n) is 19.5. The van der Waals surface area contributed by atoms with E-state index >= 15 is 0 Å². The zero-order valence-corrected chi connectivity index (χ0v) is 21.1. The number of carbonyl (C=O) groups excluding carboxylic acids is 1. The van der Waals surface area contributed by atoms with Crippen molar-refractivity contribution in [3.63, 3.8) is 0 Å². The highest BCUT2D eigenvalue weighted by Crippen LogP contribution is 2.23. The number of hydrogen-bond donors (Lipinski definition) is 0. The van der Waals surface area contributed by atoms with Crippen LogP contribution in [0.25, 0.3) is 10.2 Å². The summed E-state index contributed by atoms with van der Waals surface area (Å²) in [7, 11) is -3.54. The first kappa shape index (κ1) is 23.9. The molecule has 1 fully saturated rings. The van der Waals surface area contributed by atoms with Crippen molar-refractivity contribution in [2.24, 2.45) is 4.99 Å². The summed E-state index contributed by atoms with van der Waals surface area (Å²) in [6, 6.07) is 10.5. The van der Waals surface area contributed by atoms with Gasteiger partial charge in [0, 0.05) is 25.2 Å². The molecule has 2 heterocycles. The molecule has 6 nitrogen and oxygen atoms in total. The van der Waals surface area contributed by atoms with Crippen molar-refractivity contribution in [3.8, 4) is 0 Å². The standard InChI is InChI=1S/C25H31N3O3S2/c1-4-13-28-22-16-18(2)19(3)17-23(22)32-25(28)26-24(29)20-9-11-21(12-10-20)33(30,31)27-14-7-5-6-8-15-27/h9-12,16-17H,4-8,13-15H2,1-3H3. The first-order valence-corrected chi connectivity index (χ1v) is 13.9. The molecule has 1 amide bonds. The van der Waals surface area contributed by atoms with Crippen LogP contribution in [0.2, 0.25) is 0 Å². The van der Waals surface area contributed by atoms with E-state index in [1.54, 1.807) is 16.4 Å². The van der Waals surface area contributed by atoms with Gasteiger partial charge in [0.1, 0.15) is 0 Å². The third-order valence-corrected chi connectivity index (χ3v) is 9.20. The summed E-state index contributed by atoms with van der Waals surface area (Å²) in [4.78, 5) is 18.3. The molecule has 1 aliphatic rings. The average molecular weight is 486 g/mol. The maximum absolute atomic E-state index is 13.0. The van der Waals surface area contributed by atoms with Gasteiger partial charge in [-0.05, 0) is 80.6 Å². The van der Waals surface area contributed by atoms with Gasteiger partial charge in [-0.2, -0.15) is 9.30 Å². The van der Waals surface area contributed by atoms with Gasteiger partial charge in [0.05, 0.1) is 15.1 Å². The largest absolute Gasteiger partial charge is 0.316 e. The molecule has 0 unspecified atom stereocenters. The van der Waals surface area contributed by atoms with Crippen LogP contribution in [0.3, 0.4) is 0 Å². The molecule has 8 heteroatoms. The molecule has 33 heavy (non-hydrogen) atoms. The van der Waals surface area contributed by atoms with E-state index in [0.29, 0.717) is 23.5 Å². The van der Waals surface area contributed by atoms with Gasteiger partial charge in [0.2, 0.25) is 10.0 Å². The summed E-state index contributed by atoms with van der Waals surface area (Å²) >= 11 is 1.51. The Hall–Kier alpha value is -2.29. The van der Waals surface area contributed by atoms with E-state index in [1.165, 1.54) is 34.6 Å². The normalized spacial score (nSPS) is 16.3. The van der Waals surface area contributed by atoms with E-state index in [2.05, 4.69) is 42.5 Å². The number of carbonyl (C=O) groups is 1. The van der Waals surface area contributed by atoms with Crippen molar-refractivity contribution in [2.45, 2.75) is 64.3 Å². The summed E-state index contributed by atoms with van der Waals surface area (Å²) < 4.78 is 30.8. The summed E-state index contributed by atoms with van der Waals surface area (Å²) in [5, 5.41) is 0. The molecule has 0 N–H and O–H groups in total. The first-order valence-electron chi connectivity index (χ1n) is 11.6. The molecular formula is C25H31N3O3S2. The summed E-state index contributed by atoms with van der Waals surface area (Å²) in [6.45, 7) is 8.17. The predicted molar refractivity (Wildman–Crippen MR) is 133 cm³/mol. The lowest BCUT2D eigenvalue weighted by atomic mass is 10.1. The average Bonchev–Trinajstić information content (AvgIpc) is 2.98. The lowest BCUT2D eigenvalue weighted by Gasteiger charge is -2.19. The molecule has 1 saturated heterocycles. The van der Waals surface area contributed by atoms with Gasteiger partial charge in [0.25, 0.3) is 5.91 Å². The van der Waals surface area contributed by atoms with Crippen molar-refractivity contribution >= 4 is 37.5 Å². The monoisotopic (exact) mass is 485 g/mol. The van der Waals surface area contributed by atoms with Crippen LogP contribution >= 0.6 is 11.3 Å². The van der Waals surface area contributed by atoms with E-state index in [0.717, 1.165) is 48.9 Å². The Morgan fingerprint density at radius 2 is 1.64 bits per heavy atom. The number of benzene rings is 2. The lowest BCUT2D eigenvalue weighted by Crippen LogP contribution is -2.31. The van der Waals surface area contributed by atoms with Crippen molar-refractivity contribution in [1.82, 2.24) is 8.87 Å². The van der Waals surface area contributed by atoms with E-state index in [-0.39, 0.29) is 10.8 Å². The Balaban J connectivity index is 1.65. The van der Waals surface area contributed by atoms with E-state index in [4.69, 9.17) is 0 Å². The Morgan fingerprint density at radius 1 is 1.00 bits per heavy atom. The van der Waals surface area contributed by atoms with Gasteiger partial charge in [-0.15, -0.1) is 0 Å². The number of sulfonamides is 1. The second-order valence-corrected chi connectivity index (χ2v) is 11.6. The third-order valence-electron chi connectivity index (χ3n) is 6.25. The number of rotatable bonds is 5. The van der Waals surface area contributed by atoms with Crippen LogP contribution in [0, 0.1) is 13.8 Å². The third kappa shape index (κ3) is 4.98. The van der Waals surface area contributed by atoms with E-state index in [9.17, 15) is 13.2 Å². The SMILES string of the molecule is CCCn1c(=NC(=O)c2ccc(S(=O)(=O)N3CCCCCC3)cc2)sc2cc(C)c(C)cc21. The fourth-order valence-electron chi connectivity index (χ4n) is 4.20. The summed E-state index contributed by atoms with van der Waals surface area (Å²) in [5.41, 5.74) is 3.91. The Kier molecular flexibility index (Phi) is 7.16. The number of fused-ring (bicyclic) bond motifs is 1. The number of hydrogen-bond acceptors (Lipinski definition) is 4. The molecule has 0 radical (unpaired) electrons. The summed E-state index contributed by atoms with van der Waals surface area (Å²) in [5.74, 6) is -0.362. The van der Waals surface area contributed by atoms with Crippen molar-refractivity contribution in [3.05, 3.63) is 57.9 Å². The van der Waals surface area contributed by atoms with E-state index in [1.807, 2.05) is 0 Å². The molecule has 3 aromatic rings. The fraction of sp³-hybridized carbons (Fsp3) is 0.440. The van der Waals surface area contributed by atoms with Crippen LogP contribution in [-0.4, -0.2) is 36.3 Å². The van der Waals surface area contributed by atoms with Crippen molar-refractivity contribution < 1.29 is 13.2 Å². The smallest absolute Gasteiger partial charge is 0.279 e. The molecule has 4 rings (SSSR count). The molecule has 176 valence electrons. The van der Waals surface area contributed by atoms with Gasteiger partial charge in [-0.3, -0.25) is 4.79 Å². The minimum Gasteiger partial charge on any atom is -0.316 e. The van der Waals surface area contributed by atoms with Crippen LogP contribution in [0.15, 0.2) is 46.3 Å². The second-order valence-electron chi connectivity index (χ2n) is 8.70. The number of amides is 1. The minimum atomic E-state index is -3.54. The number of aryl methyl sites for hydroxylation is 3. The molecule has 0 atom stereocenters. The van der Waals surface area contributed by atoms with Crippen molar-refractivity contribution in [1.29, 1.82) is 0 Å². The molecule has 0 spiro atoms. The quantitative estimate of drug-likeness (QED) is 0.509. The molecule has 2 aromatic carbocycles. The van der Waals surface area contributed by atoms with Crippen LogP contribution in [-0.2, 0) is 16.6 Å². The Labute approximate surface area is 199 Å². The number of nitrogens with zero attached hydrogens (tertiary/aromatic N) is 3. The Morgan fingerprint density at radius 3 is 2.27 bits per heavy atom. The number of thiazole rings is 1. The van der Waals surface area contributed by atoms with Crippen LogP contribution in [0.4, 0.5) is 0 Å². The van der Waals surface area contributed by atoms with Crippen LogP contribution in [0.1, 0.15) is 60.5 Å². The minimum absolute atomic E-state index is 0.231. The van der Waals surface area contributed by atoms with Gasteiger partial charge in [0.15, 0.2) is 4.80 Å². The van der Waals surface area contributed by atoms with Crippen LogP contribution in [0.5, 0.6) is 0 Å². The highest BCUT2D eigenvalue weighted by molar-refractivity contribution is 7.89. The number of aromatic nitrogens is 1. The lowest BCUT2D eigenvalue weighted by molar-refractivity contribution is 0.0997. The molecule has 0 bridgehead atoms. The summed E-state index contributed by atoms with van der Waals surface area (Å²) in [6.07, 6.45) is 4.84. The Bertz CT molecular complexity index is 1330. The van der Waals surface area contributed by atoms with E-state index < -0.39 is 10.0 Å². The van der Waals surface area contributed by atoms with Gasteiger partial charge >= 0.3 is 0 Å². The zero-order chi connectivity index (χ0) is 23.6. The first-order chi connectivity index (χ1) is 15.8. The van der Waals surface area contributed by atoms with Gasteiger partial charge in [-0.1, -0.05) is 31.1 Å². The molecule has 0 saturated carbocycles. The van der Waals surface area contributed by atoms with Crippen molar-refractivity contribution in [2.75, 3.05) is 13.1 Å². The topological polar surface area (TPSA) is 71.7 Å². The maximum atomic E-state index is 13.0. The second kappa shape index (κ2) is 9.91. The molecule has 1 aromatic heterocycles. The molecular weight excluding hydrogens is 454 g/mol. The van der Waals surface area contributed by atoms with Gasteiger partial charge in [-0.25, -0.2) is 8.42 Å². The highest BCUT2D eigenvalue weighted by atomic mass is 32.2. The van der Waals surface area contributed by atoms with Gasteiger partial charge < -0.3 is 4.57 Å². The highest BCUT2D eigenvalue weighted by Gasteiger charge is 2.25. The molecule has 1 aliphatic heterocycles. The molecule has 0 aliphatic carbocycles. The predicted octanol–water partition coefficient (Wildman–Crippen LogP) is 5.04. The maximum Gasteiger partial charge on any atom is 0.279 e. The fourth-order valence-corrected chi connectivity index (χ4v) is 6.85. The van der Waals surface area contributed by atoms with Crippen LogP contribution < -0.4 is 4.80 Å².